The third-order valence-corrected chi connectivity index (χ3v) is 2.33. The summed E-state index contributed by atoms with van der Waals surface area (Å²) in [5.74, 6) is -0.401. The third kappa shape index (κ3) is 3.13. The first-order valence-electron chi connectivity index (χ1n) is 4.29. The second-order valence-electron chi connectivity index (χ2n) is 3.16. The molecule has 0 fully saturated rings. The molecule has 1 aromatic carbocycles. The molecule has 0 atom stereocenters. The molecule has 0 aliphatic rings. The van der Waals surface area contributed by atoms with Crippen LogP contribution in [0.1, 0.15) is 10.4 Å². The van der Waals surface area contributed by atoms with E-state index in [9.17, 15) is 13.2 Å². The van der Waals surface area contributed by atoms with Gasteiger partial charge in [-0.1, -0.05) is 0 Å². The molecule has 88 valence electrons. The van der Waals surface area contributed by atoms with Crippen molar-refractivity contribution in [2.45, 2.75) is 0 Å². The van der Waals surface area contributed by atoms with E-state index < -0.39 is 15.9 Å². The lowest BCUT2D eigenvalue weighted by Crippen LogP contribution is -2.29. The Kier molecular flexibility index (Phi) is 3.38. The Bertz CT molecular complexity index is 510. The van der Waals surface area contributed by atoms with Gasteiger partial charge in [-0.2, -0.15) is 0 Å². The first-order valence-corrected chi connectivity index (χ1v) is 6.18. The SMILES string of the molecule is COc1cc(C(=O)NS(C)(=O)=O)ccc1N. The van der Waals surface area contributed by atoms with Gasteiger partial charge in [0.05, 0.1) is 19.1 Å². The molecule has 0 spiro atoms. The summed E-state index contributed by atoms with van der Waals surface area (Å²) in [5.41, 5.74) is 6.09. The molecule has 0 aromatic heterocycles. The number of methoxy groups -OCH3 is 1. The maximum atomic E-state index is 11.5. The van der Waals surface area contributed by atoms with Crippen LogP contribution >= 0.6 is 0 Å². The molecule has 6 nitrogen and oxygen atoms in total. The second kappa shape index (κ2) is 4.40. The van der Waals surface area contributed by atoms with Gasteiger partial charge in [0.1, 0.15) is 5.75 Å². The monoisotopic (exact) mass is 244 g/mol. The Morgan fingerprint density at radius 3 is 2.56 bits per heavy atom. The Hall–Kier alpha value is -1.76. The van der Waals surface area contributed by atoms with E-state index in [1.165, 1.54) is 25.3 Å². The van der Waals surface area contributed by atoms with Crippen molar-refractivity contribution in [2.75, 3.05) is 19.1 Å². The van der Waals surface area contributed by atoms with Crippen LogP contribution in [0, 0.1) is 0 Å². The van der Waals surface area contributed by atoms with Crippen LogP contribution in [0.2, 0.25) is 0 Å². The van der Waals surface area contributed by atoms with E-state index in [2.05, 4.69) is 0 Å². The number of carbonyl (C=O) groups excluding carboxylic acids is 1. The predicted octanol–water partition coefficient (Wildman–Crippen LogP) is -0.0332. The molecule has 1 rings (SSSR count). The van der Waals surface area contributed by atoms with Gasteiger partial charge < -0.3 is 10.5 Å². The van der Waals surface area contributed by atoms with Crippen LogP contribution in [0.5, 0.6) is 5.75 Å². The quantitative estimate of drug-likeness (QED) is 0.727. The largest absolute Gasteiger partial charge is 0.495 e. The van der Waals surface area contributed by atoms with Crippen LogP contribution in [0.3, 0.4) is 0 Å². The van der Waals surface area contributed by atoms with Crippen molar-refractivity contribution in [3.05, 3.63) is 23.8 Å². The molecule has 0 unspecified atom stereocenters. The van der Waals surface area contributed by atoms with Gasteiger partial charge in [0.2, 0.25) is 10.0 Å². The zero-order chi connectivity index (χ0) is 12.3. The summed E-state index contributed by atoms with van der Waals surface area (Å²) in [6.07, 6.45) is 0.902. The number of nitrogens with two attached hydrogens (primary N) is 1. The molecule has 0 aliphatic heterocycles. The number of amides is 1. The standard InChI is InChI=1S/C9H12N2O4S/c1-15-8-5-6(3-4-7(8)10)9(12)11-16(2,13)14/h3-5H,10H2,1-2H3,(H,11,12). The minimum Gasteiger partial charge on any atom is -0.495 e. The molecule has 0 radical (unpaired) electrons. The van der Waals surface area contributed by atoms with E-state index >= 15 is 0 Å². The molecular weight excluding hydrogens is 232 g/mol. The van der Waals surface area contributed by atoms with Crippen LogP contribution in [0.25, 0.3) is 0 Å². The van der Waals surface area contributed by atoms with Crippen LogP contribution in [0.15, 0.2) is 18.2 Å². The van der Waals surface area contributed by atoms with Crippen molar-refractivity contribution in [2.24, 2.45) is 0 Å². The fraction of sp³-hybridized carbons (Fsp3) is 0.222. The topological polar surface area (TPSA) is 98.5 Å². The summed E-state index contributed by atoms with van der Waals surface area (Å²) in [7, 11) is -2.17. The molecule has 7 heteroatoms. The number of nitrogen functional groups attached to an aromatic ring is 1. The summed E-state index contributed by atoms with van der Waals surface area (Å²) in [6.45, 7) is 0. The van der Waals surface area contributed by atoms with E-state index in [0.29, 0.717) is 11.4 Å². The van der Waals surface area contributed by atoms with Gasteiger partial charge in [0.25, 0.3) is 5.91 Å². The first-order chi connectivity index (χ1) is 7.33. The lowest BCUT2D eigenvalue weighted by molar-refractivity contribution is 0.0981. The molecule has 16 heavy (non-hydrogen) atoms. The van der Waals surface area contributed by atoms with Gasteiger partial charge in [-0.25, -0.2) is 13.1 Å². The summed E-state index contributed by atoms with van der Waals surface area (Å²) in [6, 6.07) is 4.25. The van der Waals surface area contributed by atoms with Crippen molar-refractivity contribution in [1.82, 2.24) is 4.72 Å². The third-order valence-electron chi connectivity index (χ3n) is 1.77. The lowest BCUT2D eigenvalue weighted by atomic mass is 10.2. The van der Waals surface area contributed by atoms with Gasteiger partial charge in [0.15, 0.2) is 0 Å². The van der Waals surface area contributed by atoms with Crippen molar-refractivity contribution < 1.29 is 17.9 Å². The number of nitrogens with one attached hydrogen (secondary N) is 1. The molecule has 3 N–H and O–H groups in total. The van der Waals surface area contributed by atoms with Gasteiger partial charge in [-0.3, -0.25) is 4.79 Å². The molecule has 0 saturated heterocycles. The molecule has 1 aromatic rings. The molecule has 0 saturated carbocycles. The summed E-state index contributed by atoms with van der Waals surface area (Å²) >= 11 is 0. The maximum absolute atomic E-state index is 11.5. The van der Waals surface area contributed by atoms with E-state index in [1.54, 1.807) is 0 Å². The number of hydrogen-bond acceptors (Lipinski definition) is 5. The zero-order valence-electron chi connectivity index (χ0n) is 8.85. The van der Waals surface area contributed by atoms with Crippen molar-refractivity contribution in [3.63, 3.8) is 0 Å². The molecule has 0 heterocycles. The summed E-state index contributed by atoms with van der Waals surface area (Å²) < 4.78 is 28.5. The molecule has 0 aliphatic carbocycles. The zero-order valence-corrected chi connectivity index (χ0v) is 9.67. The Labute approximate surface area is 93.5 Å². The second-order valence-corrected chi connectivity index (χ2v) is 4.91. The number of anilines is 1. The van der Waals surface area contributed by atoms with E-state index in [4.69, 9.17) is 10.5 Å². The summed E-state index contributed by atoms with van der Waals surface area (Å²) in [5, 5.41) is 0. The minimum atomic E-state index is -3.57. The molecule has 1 amide bonds. The highest BCUT2D eigenvalue weighted by atomic mass is 32.2. The average molecular weight is 244 g/mol. The van der Waals surface area contributed by atoms with Crippen LogP contribution in [0.4, 0.5) is 5.69 Å². The number of sulfonamides is 1. The van der Waals surface area contributed by atoms with Crippen molar-refractivity contribution in [1.29, 1.82) is 0 Å². The highest BCUT2D eigenvalue weighted by Gasteiger charge is 2.12. The number of rotatable bonds is 3. The summed E-state index contributed by atoms with van der Waals surface area (Å²) in [4.78, 5) is 11.5. The van der Waals surface area contributed by atoms with Crippen LogP contribution in [-0.4, -0.2) is 27.7 Å². The smallest absolute Gasteiger partial charge is 0.264 e. The van der Waals surface area contributed by atoms with Gasteiger partial charge in [-0.15, -0.1) is 0 Å². The number of carbonyl (C=O) groups is 1. The Morgan fingerprint density at radius 2 is 2.06 bits per heavy atom. The minimum absolute atomic E-state index is 0.163. The van der Waals surface area contributed by atoms with Crippen molar-refractivity contribution in [3.8, 4) is 5.75 Å². The van der Waals surface area contributed by atoms with E-state index in [0.717, 1.165) is 6.26 Å². The normalized spacial score (nSPS) is 10.9. The van der Waals surface area contributed by atoms with E-state index in [-0.39, 0.29) is 5.56 Å². The van der Waals surface area contributed by atoms with Crippen molar-refractivity contribution >= 4 is 21.6 Å². The molecule has 0 bridgehead atoms. The average Bonchev–Trinajstić information content (AvgIpc) is 2.15. The highest BCUT2D eigenvalue weighted by Crippen LogP contribution is 2.21. The van der Waals surface area contributed by atoms with Crippen LogP contribution < -0.4 is 15.2 Å². The fourth-order valence-electron chi connectivity index (χ4n) is 1.08. The number of ether oxygens (including phenoxy) is 1. The predicted molar refractivity (Wildman–Crippen MR) is 59.7 cm³/mol. The molecular formula is C9H12N2O4S. The van der Waals surface area contributed by atoms with Gasteiger partial charge in [0, 0.05) is 5.56 Å². The van der Waals surface area contributed by atoms with Gasteiger partial charge in [-0.05, 0) is 18.2 Å². The Balaban J connectivity index is 3.01. The van der Waals surface area contributed by atoms with Crippen LogP contribution in [-0.2, 0) is 10.0 Å². The fourth-order valence-corrected chi connectivity index (χ4v) is 1.53. The Morgan fingerprint density at radius 1 is 1.44 bits per heavy atom. The first kappa shape index (κ1) is 12.3. The lowest BCUT2D eigenvalue weighted by Gasteiger charge is -2.07. The van der Waals surface area contributed by atoms with E-state index in [1.807, 2.05) is 4.72 Å². The highest BCUT2D eigenvalue weighted by molar-refractivity contribution is 7.89. The number of benzene rings is 1. The maximum Gasteiger partial charge on any atom is 0.264 e. The van der Waals surface area contributed by atoms with Gasteiger partial charge >= 0.3 is 0 Å². The number of hydrogen-bond donors (Lipinski definition) is 2.